The van der Waals surface area contributed by atoms with E-state index in [4.69, 9.17) is 4.74 Å². The Bertz CT molecular complexity index is 337. The Morgan fingerprint density at radius 2 is 1.90 bits per heavy atom. The molecule has 0 aromatic carbocycles. The van der Waals surface area contributed by atoms with Crippen molar-refractivity contribution >= 4 is 5.91 Å². The third kappa shape index (κ3) is 4.19. The maximum absolute atomic E-state index is 12.1. The van der Waals surface area contributed by atoms with Crippen LogP contribution in [0.2, 0.25) is 0 Å². The number of nitrogens with one attached hydrogen (secondary N) is 2. The minimum Gasteiger partial charge on any atom is -0.381 e. The average molecular weight is 294 g/mol. The van der Waals surface area contributed by atoms with Crippen molar-refractivity contribution in [2.45, 2.75) is 63.8 Å². The highest BCUT2D eigenvalue weighted by atomic mass is 16.5. The lowest BCUT2D eigenvalue weighted by Crippen LogP contribution is -2.42. The van der Waals surface area contributed by atoms with E-state index in [1.807, 2.05) is 0 Å². The SMILES string of the molecule is O=C(CCC1CCNC1)NC1CCC2(CCOCC2)CC1. The molecule has 1 saturated carbocycles. The quantitative estimate of drug-likeness (QED) is 0.836. The molecule has 1 unspecified atom stereocenters. The van der Waals surface area contributed by atoms with Gasteiger partial charge in [-0.05, 0) is 75.8 Å². The first-order valence-corrected chi connectivity index (χ1v) is 8.84. The zero-order valence-electron chi connectivity index (χ0n) is 13.2. The van der Waals surface area contributed by atoms with Gasteiger partial charge in [0.2, 0.25) is 5.91 Å². The molecule has 3 rings (SSSR count). The smallest absolute Gasteiger partial charge is 0.220 e. The van der Waals surface area contributed by atoms with Crippen molar-refractivity contribution in [2.24, 2.45) is 11.3 Å². The van der Waals surface area contributed by atoms with Gasteiger partial charge in [0.15, 0.2) is 0 Å². The summed E-state index contributed by atoms with van der Waals surface area (Å²) in [5.41, 5.74) is 0.537. The summed E-state index contributed by atoms with van der Waals surface area (Å²) in [5, 5.41) is 6.64. The lowest BCUT2D eigenvalue weighted by atomic mass is 9.68. The highest BCUT2D eigenvalue weighted by Gasteiger charge is 2.36. The van der Waals surface area contributed by atoms with Crippen LogP contribution in [0, 0.1) is 11.3 Å². The maximum atomic E-state index is 12.1. The third-order valence-corrected chi connectivity index (χ3v) is 5.91. The monoisotopic (exact) mass is 294 g/mol. The molecule has 120 valence electrons. The van der Waals surface area contributed by atoms with Gasteiger partial charge in [-0.25, -0.2) is 0 Å². The predicted octanol–water partition coefficient (Wildman–Crippen LogP) is 2.23. The number of amides is 1. The van der Waals surface area contributed by atoms with Crippen molar-refractivity contribution in [3.05, 3.63) is 0 Å². The Kier molecular flexibility index (Phi) is 5.17. The first-order chi connectivity index (χ1) is 10.3. The number of rotatable bonds is 4. The fourth-order valence-electron chi connectivity index (χ4n) is 4.27. The minimum atomic E-state index is 0.273. The number of hydrogen-bond donors (Lipinski definition) is 2. The summed E-state index contributed by atoms with van der Waals surface area (Å²) >= 11 is 0. The largest absolute Gasteiger partial charge is 0.381 e. The fourth-order valence-corrected chi connectivity index (χ4v) is 4.27. The molecule has 3 fully saturated rings. The van der Waals surface area contributed by atoms with Crippen molar-refractivity contribution in [1.29, 1.82) is 0 Å². The van der Waals surface area contributed by atoms with Crippen LogP contribution >= 0.6 is 0 Å². The van der Waals surface area contributed by atoms with Gasteiger partial charge in [0, 0.05) is 25.7 Å². The molecule has 4 heteroatoms. The molecule has 2 saturated heterocycles. The average Bonchev–Trinajstić information content (AvgIpc) is 3.02. The summed E-state index contributed by atoms with van der Waals surface area (Å²) in [7, 11) is 0. The summed E-state index contributed by atoms with van der Waals surface area (Å²) < 4.78 is 5.49. The van der Waals surface area contributed by atoms with E-state index in [2.05, 4.69) is 10.6 Å². The first-order valence-electron chi connectivity index (χ1n) is 8.84. The summed E-state index contributed by atoms with van der Waals surface area (Å²) in [6, 6.07) is 0.424. The van der Waals surface area contributed by atoms with Crippen LogP contribution in [0.25, 0.3) is 0 Å². The Morgan fingerprint density at radius 1 is 1.14 bits per heavy atom. The summed E-state index contributed by atoms with van der Waals surface area (Å²) in [4.78, 5) is 12.1. The molecule has 1 spiro atoms. The second-order valence-electron chi connectivity index (χ2n) is 7.35. The van der Waals surface area contributed by atoms with Crippen LogP contribution < -0.4 is 10.6 Å². The summed E-state index contributed by atoms with van der Waals surface area (Å²) in [6.45, 7) is 4.10. The van der Waals surface area contributed by atoms with Gasteiger partial charge >= 0.3 is 0 Å². The van der Waals surface area contributed by atoms with Gasteiger partial charge < -0.3 is 15.4 Å². The molecule has 1 aliphatic carbocycles. The van der Waals surface area contributed by atoms with Crippen molar-refractivity contribution in [2.75, 3.05) is 26.3 Å². The molecule has 0 aromatic rings. The van der Waals surface area contributed by atoms with E-state index in [0.29, 0.717) is 23.8 Å². The normalized spacial score (nSPS) is 29.6. The van der Waals surface area contributed by atoms with Crippen LogP contribution in [-0.2, 0) is 9.53 Å². The zero-order valence-corrected chi connectivity index (χ0v) is 13.2. The van der Waals surface area contributed by atoms with Gasteiger partial charge in [-0.1, -0.05) is 0 Å². The standard InChI is InChI=1S/C17H30N2O2/c20-16(2-1-14-5-10-18-13-14)19-15-3-6-17(7-4-15)8-11-21-12-9-17/h14-15,18H,1-13H2,(H,19,20). The van der Waals surface area contributed by atoms with Crippen LogP contribution in [-0.4, -0.2) is 38.3 Å². The number of ether oxygens (including phenoxy) is 1. The summed E-state index contributed by atoms with van der Waals surface area (Å²) in [5.74, 6) is 0.988. The number of carbonyl (C=O) groups excluding carboxylic acids is 1. The van der Waals surface area contributed by atoms with E-state index < -0.39 is 0 Å². The van der Waals surface area contributed by atoms with Gasteiger partial charge in [-0.15, -0.1) is 0 Å². The lowest BCUT2D eigenvalue weighted by Gasteiger charge is -2.42. The molecule has 1 atom stereocenters. The second-order valence-corrected chi connectivity index (χ2v) is 7.35. The van der Waals surface area contributed by atoms with Gasteiger partial charge in [-0.3, -0.25) is 4.79 Å². The Morgan fingerprint density at radius 3 is 2.57 bits per heavy atom. The fraction of sp³-hybridized carbons (Fsp3) is 0.941. The van der Waals surface area contributed by atoms with Crippen molar-refractivity contribution in [3.63, 3.8) is 0 Å². The van der Waals surface area contributed by atoms with E-state index in [9.17, 15) is 4.79 Å². The Labute approximate surface area is 128 Å². The molecular weight excluding hydrogens is 264 g/mol. The molecule has 1 amide bonds. The predicted molar refractivity (Wildman–Crippen MR) is 83.1 cm³/mol. The number of hydrogen-bond acceptors (Lipinski definition) is 3. The molecule has 2 aliphatic heterocycles. The van der Waals surface area contributed by atoms with E-state index in [0.717, 1.165) is 45.6 Å². The molecule has 4 nitrogen and oxygen atoms in total. The van der Waals surface area contributed by atoms with Crippen LogP contribution in [0.15, 0.2) is 0 Å². The highest BCUT2D eigenvalue weighted by molar-refractivity contribution is 5.76. The molecule has 2 heterocycles. The van der Waals surface area contributed by atoms with Gasteiger partial charge in [-0.2, -0.15) is 0 Å². The van der Waals surface area contributed by atoms with E-state index in [1.165, 1.54) is 32.1 Å². The molecule has 0 bridgehead atoms. The molecule has 0 aromatic heterocycles. The van der Waals surface area contributed by atoms with Crippen LogP contribution in [0.4, 0.5) is 0 Å². The molecular formula is C17H30N2O2. The van der Waals surface area contributed by atoms with Crippen LogP contribution in [0.5, 0.6) is 0 Å². The molecule has 2 N–H and O–H groups in total. The zero-order chi connectivity index (χ0) is 14.5. The van der Waals surface area contributed by atoms with Crippen molar-refractivity contribution in [1.82, 2.24) is 10.6 Å². The van der Waals surface area contributed by atoms with Crippen molar-refractivity contribution in [3.8, 4) is 0 Å². The van der Waals surface area contributed by atoms with Gasteiger partial charge in [0.05, 0.1) is 0 Å². The van der Waals surface area contributed by atoms with Crippen LogP contribution in [0.3, 0.4) is 0 Å². The van der Waals surface area contributed by atoms with Gasteiger partial charge in [0.1, 0.15) is 0 Å². The minimum absolute atomic E-state index is 0.273. The van der Waals surface area contributed by atoms with Gasteiger partial charge in [0.25, 0.3) is 0 Å². The summed E-state index contributed by atoms with van der Waals surface area (Å²) in [6.07, 6.45) is 10.3. The molecule has 21 heavy (non-hydrogen) atoms. The van der Waals surface area contributed by atoms with E-state index >= 15 is 0 Å². The lowest BCUT2D eigenvalue weighted by molar-refractivity contribution is -0.122. The van der Waals surface area contributed by atoms with E-state index in [1.54, 1.807) is 0 Å². The van der Waals surface area contributed by atoms with E-state index in [-0.39, 0.29) is 5.91 Å². The Hall–Kier alpha value is -0.610. The second kappa shape index (κ2) is 7.10. The first kappa shape index (κ1) is 15.3. The maximum Gasteiger partial charge on any atom is 0.220 e. The van der Waals surface area contributed by atoms with Crippen molar-refractivity contribution < 1.29 is 9.53 Å². The third-order valence-electron chi connectivity index (χ3n) is 5.91. The molecule has 3 aliphatic rings. The number of carbonyl (C=O) groups is 1. The van der Waals surface area contributed by atoms with Crippen LogP contribution in [0.1, 0.15) is 57.8 Å². The molecule has 0 radical (unpaired) electrons. The topological polar surface area (TPSA) is 50.4 Å². The highest BCUT2D eigenvalue weighted by Crippen LogP contribution is 2.44. The Balaban J connectivity index is 1.35.